The van der Waals surface area contributed by atoms with Crippen molar-refractivity contribution in [1.29, 1.82) is 0 Å². The zero-order chi connectivity index (χ0) is 10.7. The first kappa shape index (κ1) is 9.92. The number of rotatable bonds is 3. The van der Waals surface area contributed by atoms with E-state index in [0.29, 0.717) is 5.76 Å². The molecule has 4 nitrogen and oxygen atoms in total. The molecule has 2 aromatic heterocycles. The summed E-state index contributed by atoms with van der Waals surface area (Å²) in [5.74, 6) is -0.276. The molecule has 0 radical (unpaired) electrons. The summed E-state index contributed by atoms with van der Waals surface area (Å²) in [6.07, 6.45) is 2.45. The summed E-state index contributed by atoms with van der Waals surface area (Å²) >= 11 is 5.49. The molecule has 0 saturated carbocycles. The Kier molecular flexibility index (Phi) is 2.82. The van der Waals surface area contributed by atoms with Crippen LogP contribution in [0.4, 0.5) is 4.39 Å². The van der Waals surface area contributed by atoms with Crippen LogP contribution in [0, 0.1) is 5.82 Å². The summed E-state index contributed by atoms with van der Waals surface area (Å²) in [5, 5.41) is -0.0640. The Morgan fingerprint density at radius 3 is 3.13 bits per heavy atom. The van der Waals surface area contributed by atoms with Crippen LogP contribution in [-0.2, 0) is 6.61 Å². The Bertz CT molecular complexity index is 447. The van der Waals surface area contributed by atoms with E-state index in [4.69, 9.17) is 20.8 Å². The lowest BCUT2D eigenvalue weighted by molar-refractivity contribution is 0.247. The zero-order valence-electron chi connectivity index (χ0n) is 7.48. The van der Waals surface area contributed by atoms with E-state index in [0.717, 1.165) is 6.20 Å². The van der Waals surface area contributed by atoms with E-state index in [9.17, 15) is 4.39 Å². The lowest BCUT2D eigenvalue weighted by Crippen LogP contribution is -1.99. The number of nitrogens with zero attached hydrogens (tertiary/aromatic N) is 2. The van der Waals surface area contributed by atoms with E-state index in [1.165, 1.54) is 6.26 Å². The van der Waals surface area contributed by atoms with Gasteiger partial charge in [0.25, 0.3) is 5.88 Å². The molecule has 0 bridgehead atoms. The standard InChI is InChI=1S/C9H6ClFN2O2/c10-9-12-4-7(11)8(13-9)15-5-6-2-1-3-14-6/h1-4H,5H2. The van der Waals surface area contributed by atoms with Gasteiger partial charge >= 0.3 is 0 Å². The van der Waals surface area contributed by atoms with Crippen LogP contribution in [0.5, 0.6) is 5.88 Å². The summed E-state index contributed by atoms with van der Waals surface area (Å²) in [5.41, 5.74) is 0. The molecule has 0 amide bonds. The number of ether oxygens (including phenoxy) is 1. The number of aromatic nitrogens is 2. The van der Waals surface area contributed by atoms with Crippen LogP contribution in [0.2, 0.25) is 5.28 Å². The quantitative estimate of drug-likeness (QED) is 0.757. The topological polar surface area (TPSA) is 48.2 Å². The molecule has 2 rings (SSSR count). The molecule has 0 N–H and O–H groups in total. The molecule has 2 aromatic rings. The first-order valence-electron chi connectivity index (χ1n) is 4.09. The van der Waals surface area contributed by atoms with Crippen molar-refractivity contribution in [3.05, 3.63) is 41.5 Å². The van der Waals surface area contributed by atoms with Gasteiger partial charge in [0, 0.05) is 0 Å². The summed E-state index contributed by atoms with van der Waals surface area (Å²) in [7, 11) is 0. The summed E-state index contributed by atoms with van der Waals surface area (Å²) in [6, 6.07) is 3.42. The second-order valence-electron chi connectivity index (χ2n) is 2.66. The molecule has 0 fully saturated rings. The second kappa shape index (κ2) is 4.27. The first-order valence-corrected chi connectivity index (χ1v) is 4.47. The number of halogens is 2. The average molecular weight is 229 g/mol. The van der Waals surface area contributed by atoms with Crippen molar-refractivity contribution in [2.75, 3.05) is 0 Å². The van der Waals surface area contributed by atoms with E-state index < -0.39 is 5.82 Å². The van der Waals surface area contributed by atoms with Crippen LogP contribution < -0.4 is 4.74 Å². The lowest BCUT2D eigenvalue weighted by atomic mass is 10.5. The zero-order valence-corrected chi connectivity index (χ0v) is 8.24. The molecule has 0 aliphatic heterocycles. The maximum absolute atomic E-state index is 13.1. The van der Waals surface area contributed by atoms with Crippen molar-refractivity contribution in [1.82, 2.24) is 9.97 Å². The minimum Gasteiger partial charge on any atom is -0.467 e. The maximum Gasteiger partial charge on any atom is 0.255 e. The van der Waals surface area contributed by atoms with Crippen molar-refractivity contribution in [3.8, 4) is 5.88 Å². The Balaban J connectivity index is 2.07. The van der Waals surface area contributed by atoms with Gasteiger partial charge in [-0.2, -0.15) is 9.37 Å². The normalized spacial score (nSPS) is 10.3. The Morgan fingerprint density at radius 1 is 1.53 bits per heavy atom. The van der Waals surface area contributed by atoms with Crippen LogP contribution in [0.1, 0.15) is 5.76 Å². The van der Waals surface area contributed by atoms with Crippen molar-refractivity contribution in [2.45, 2.75) is 6.61 Å². The highest BCUT2D eigenvalue weighted by atomic mass is 35.5. The number of furan rings is 1. The monoisotopic (exact) mass is 228 g/mol. The van der Waals surface area contributed by atoms with Crippen LogP contribution >= 0.6 is 11.6 Å². The predicted molar refractivity (Wildman–Crippen MR) is 50.0 cm³/mol. The third kappa shape index (κ3) is 2.44. The summed E-state index contributed by atoms with van der Waals surface area (Å²) < 4.78 is 23.1. The summed E-state index contributed by atoms with van der Waals surface area (Å²) in [4.78, 5) is 7.05. The van der Waals surface area contributed by atoms with Crippen molar-refractivity contribution in [2.24, 2.45) is 0 Å². The molecule has 0 aromatic carbocycles. The van der Waals surface area contributed by atoms with Gasteiger partial charge in [-0.25, -0.2) is 4.98 Å². The van der Waals surface area contributed by atoms with Crippen molar-refractivity contribution < 1.29 is 13.5 Å². The van der Waals surface area contributed by atoms with Gasteiger partial charge in [0.05, 0.1) is 12.5 Å². The van der Waals surface area contributed by atoms with Gasteiger partial charge in [0.2, 0.25) is 11.1 Å². The predicted octanol–water partition coefficient (Wildman–Crippen LogP) is 2.44. The second-order valence-corrected chi connectivity index (χ2v) is 3.00. The van der Waals surface area contributed by atoms with Crippen LogP contribution in [0.25, 0.3) is 0 Å². The molecular formula is C9H6ClFN2O2. The maximum atomic E-state index is 13.1. The van der Waals surface area contributed by atoms with Gasteiger partial charge in [-0.05, 0) is 23.7 Å². The molecule has 0 unspecified atom stereocenters. The van der Waals surface area contributed by atoms with E-state index in [1.54, 1.807) is 12.1 Å². The molecular weight excluding hydrogens is 223 g/mol. The molecule has 0 aliphatic rings. The van der Waals surface area contributed by atoms with Gasteiger partial charge in [0.15, 0.2) is 0 Å². The third-order valence-electron chi connectivity index (χ3n) is 1.61. The fourth-order valence-electron chi connectivity index (χ4n) is 0.967. The molecule has 6 heteroatoms. The van der Waals surface area contributed by atoms with Gasteiger partial charge in [-0.3, -0.25) is 0 Å². The minimum atomic E-state index is -0.661. The third-order valence-corrected chi connectivity index (χ3v) is 1.80. The van der Waals surface area contributed by atoms with E-state index in [2.05, 4.69) is 9.97 Å². The molecule has 0 saturated heterocycles. The molecule has 78 valence electrons. The highest BCUT2D eigenvalue weighted by Crippen LogP contribution is 2.16. The summed E-state index contributed by atoms with van der Waals surface area (Å²) in [6.45, 7) is 0.0945. The van der Waals surface area contributed by atoms with Crippen LogP contribution in [-0.4, -0.2) is 9.97 Å². The van der Waals surface area contributed by atoms with Crippen molar-refractivity contribution >= 4 is 11.6 Å². The highest BCUT2D eigenvalue weighted by molar-refractivity contribution is 6.28. The molecule has 0 aliphatic carbocycles. The number of hydrogen-bond acceptors (Lipinski definition) is 4. The van der Waals surface area contributed by atoms with Crippen LogP contribution in [0.15, 0.2) is 29.0 Å². The first-order chi connectivity index (χ1) is 7.25. The molecule has 2 heterocycles. The molecule has 15 heavy (non-hydrogen) atoms. The van der Waals surface area contributed by atoms with E-state index in [-0.39, 0.29) is 17.8 Å². The van der Waals surface area contributed by atoms with Gasteiger partial charge in [-0.1, -0.05) is 0 Å². The van der Waals surface area contributed by atoms with Gasteiger partial charge < -0.3 is 9.15 Å². The Labute approximate surface area is 89.7 Å². The van der Waals surface area contributed by atoms with Gasteiger partial charge in [-0.15, -0.1) is 0 Å². The van der Waals surface area contributed by atoms with E-state index in [1.807, 2.05) is 0 Å². The largest absolute Gasteiger partial charge is 0.467 e. The minimum absolute atomic E-state index is 0.0640. The van der Waals surface area contributed by atoms with Crippen molar-refractivity contribution in [3.63, 3.8) is 0 Å². The number of hydrogen-bond donors (Lipinski definition) is 0. The van der Waals surface area contributed by atoms with E-state index >= 15 is 0 Å². The fraction of sp³-hybridized carbons (Fsp3) is 0.111. The Morgan fingerprint density at radius 2 is 2.40 bits per heavy atom. The highest BCUT2D eigenvalue weighted by Gasteiger charge is 2.07. The van der Waals surface area contributed by atoms with Gasteiger partial charge in [0.1, 0.15) is 12.4 Å². The molecule has 0 spiro atoms. The Hall–Kier alpha value is -1.62. The average Bonchev–Trinajstić information content (AvgIpc) is 2.72. The smallest absolute Gasteiger partial charge is 0.255 e. The SMILES string of the molecule is Fc1cnc(Cl)nc1OCc1ccco1. The molecule has 0 atom stereocenters. The van der Waals surface area contributed by atoms with Crippen LogP contribution in [0.3, 0.4) is 0 Å². The fourth-order valence-corrected chi connectivity index (χ4v) is 1.09. The lowest BCUT2D eigenvalue weighted by Gasteiger charge is -2.03.